The Morgan fingerprint density at radius 2 is 1.96 bits per heavy atom. The molecular weight excluding hydrogens is 411 g/mol. The topological polar surface area (TPSA) is 96.3 Å². The van der Waals surface area contributed by atoms with Gasteiger partial charge in [0.2, 0.25) is 10.0 Å². The predicted octanol–water partition coefficient (Wildman–Crippen LogP) is 3.66. The summed E-state index contributed by atoms with van der Waals surface area (Å²) in [6.07, 6.45) is 1.53. The van der Waals surface area contributed by atoms with Gasteiger partial charge in [-0.05, 0) is 42.7 Å². The van der Waals surface area contributed by atoms with Crippen molar-refractivity contribution in [3.05, 3.63) is 63.1 Å². The molecule has 27 heavy (non-hydrogen) atoms. The van der Waals surface area contributed by atoms with Gasteiger partial charge in [-0.25, -0.2) is 17.9 Å². The van der Waals surface area contributed by atoms with Crippen molar-refractivity contribution in [1.82, 2.24) is 4.72 Å². The Labute approximate surface area is 166 Å². The lowest BCUT2D eigenvalue weighted by Crippen LogP contribution is -2.26. The van der Waals surface area contributed by atoms with E-state index in [0.29, 0.717) is 11.1 Å². The van der Waals surface area contributed by atoms with E-state index >= 15 is 0 Å². The molecule has 0 atom stereocenters. The Morgan fingerprint density at radius 1 is 1.22 bits per heavy atom. The van der Waals surface area contributed by atoms with Gasteiger partial charge in [0.1, 0.15) is 11.5 Å². The molecule has 0 radical (unpaired) electrons. The first kappa shape index (κ1) is 19.6. The van der Waals surface area contributed by atoms with Crippen LogP contribution in [0.1, 0.15) is 34.3 Å². The van der Waals surface area contributed by atoms with Crippen LogP contribution in [0, 0.1) is 11.3 Å². The number of benzene rings is 2. The van der Waals surface area contributed by atoms with Crippen LogP contribution in [0.4, 0.5) is 0 Å². The lowest BCUT2D eigenvalue weighted by Gasteiger charge is -2.11. The van der Waals surface area contributed by atoms with E-state index in [9.17, 15) is 13.2 Å². The molecule has 0 aliphatic heterocycles. The second-order valence-electron chi connectivity index (χ2n) is 6.05. The molecule has 0 saturated heterocycles. The van der Waals surface area contributed by atoms with Gasteiger partial charge >= 0.3 is 5.97 Å². The normalized spacial score (nSPS) is 13.8. The number of hydrogen-bond donors (Lipinski definition) is 1. The zero-order chi connectivity index (χ0) is 19.6. The lowest BCUT2D eigenvalue weighted by atomic mass is 10.1. The average Bonchev–Trinajstić information content (AvgIpc) is 3.43. The third kappa shape index (κ3) is 4.79. The molecular formula is C18H14Cl2N2O4S. The van der Waals surface area contributed by atoms with Crippen LogP contribution in [0.3, 0.4) is 0 Å². The Bertz CT molecular complexity index is 1040. The van der Waals surface area contributed by atoms with Crippen molar-refractivity contribution in [2.45, 2.75) is 30.4 Å². The van der Waals surface area contributed by atoms with E-state index in [0.717, 1.165) is 18.9 Å². The summed E-state index contributed by atoms with van der Waals surface area (Å²) in [5.74, 6) is -0.790. The van der Waals surface area contributed by atoms with Crippen LogP contribution in [-0.2, 0) is 21.4 Å². The summed E-state index contributed by atoms with van der Waals surface area (Å²) in [6, 6.07) is 10.8. The molecule has 0 aromatic heterocycles. The van der Waals surface area contributed by atoms with Crippen LogP contribution in [0.25, 0.3) is 0 Å². The minimum absolute atomic E-state index is 0.0128. The van der Waals surface area contributed by atoms with Gasteiger partial charge < -0.3 is 4.74 Å². The van der Waals surface area contributed by atoms with Gasteiger partial charge in [-0.3, -0.25) is 0 Å². The molecule has 2 aromatic carbocycles. The van der Waals surface area contributed by atoms with Crippen LogP contribution in [0.5, 0.6) is 0 Å². The number of ether oxygens (including phenoxy) is 1. The van der Waals surface area contributed by atoms with Crippen molar-refractivity contribution >= 4 is 39.2 Å². The third-order valence-electron chi connectivity index (χ3n) is 3.86. The van der Waals surface area contributed by atoms with Crippen molar-refractivity contribution < 1.29 is 17.9 Å². The Hall–Kier alpha value is -2.11. The fraction of sp³-hybridized carbons (Fsp3) is 0.222. The minimum atomic E-state index is -3.86. The highest BCUT2D eigenvalue weighted by Gasteiger charge is 2.30. The highest BCUT2D eigenvalue weighted by Crippen LogP contribution is 2.31. The molecule has 0 spiro atoms. The number of hydrogen-bond acceptors (Lipinski definition) is 5. The van der Waals surface area contributed by atoms with E-state index in [1.54, 1.807) is 24.3 Å². The van der Waals surface area contributed by atoms with E-state index in [1.165, 1.54) is 6.07 Å². The number of rotatable bonds is 6. The molecule has 1 saturated carbocycles. The molecule has 0 amide bonds. The summed E-state index contributed by atoms with van der Waals surface area (Å²) < 4.78 is 32.5. The lowest BCUT2D eigenvalue weighted by molar-refractivity contribution is 0.0472. The summed E-state index contributed by atoms with van der Waals surface area (Å²) >= 11 is 12.1. The van der Waals surface area contributed by atoms with E-state index in [4.69, 9.17) is 33.2 Å². The fourth-order valence-electron chi connectivity index (χ4n) is 2.33. The quantitative estimate of drug-likeness (QED) is 0.713. The molecule has 6 nitrogen and oxygen atoms in total. The zero-order valence-corrected chi connectivity index (χ0v) is 16.2. The van der Waals surface area contributed by atoms with Crippen LogP contribution in [-0.4, -0.2) is 20.4 Å². The van der Waals surface area contributed by atoms with Gasteiger partial charge in [0.15, 0.2) is 0 Å². The Kier molecular flexibility index (Phi) is 5.72. The van der Waals surface area contributed by atoms with Crippen LogP contribution < -0.4 is 4.72 Å². The number of carbonyl (C=O) groups excluding carboxylic acids is 1. The van der Waals surface area contributed by atoms with Crippen LogP contribution >= 0.6 is 23.2 Å². The smallest absolute Gasteiger partial charge is 0.340 e. The summed E-state index contributed by atoms with van der Waals surface area (Å²) in [7, 11) is -3.86. The Balaban J connectivity index is 1.81. The first-order chi connectivity index (χ1) is 12.8. The molecule has 1 N–H and O–H groups in total. The summed E-state index contributed by atoms with van der Waals surface area (Å²) in [4.78, 5) is 12.2. The molecule has 0 bridgehead atoms. The monoisotopic (exact) mass is 424 g/mol. The minimum Gasteiger partial charge on any atom is -0.457 e. The van der Waals surface area contributed by atoms with Gasteiger partial charge in [-0.1, -0.05) is 35.3 Å². The number of nitriles is 1. The van der Waals surface area contributed by atoms with Crippen molar-refractivity contribution in [3.8, 4) is 6.07 Å². The summed E-state index contributed by atoms with van der Waals surface area (Å²) in [5.41, 5.74) is 0.956. The number of carbonyl (C=O) groups is 1. The van der Waals surface area contributed by atoms with E-state index in [1.807, 2.05) is 6.07 Å². The molecule has 2 aromatic rings. The van der Waals surface area contributed by atoms with Gasteiger partial charge in [-0.15, -0.1) is 0 Å². The first-order valence-electron chi connectivity index (χ1n) is 7.97. The molecule has 0 unspecified atom stereocenters. The van der Waals surface area contributed by atoms with Crippen molar-refractivity contribution in [2.24, 2.45) is 0 Å². The van der Waals surface area contributed by atoms with Gasteiger partial charge in [0.05, 0.1) is 27.2 Å². The molecule has 0 heterocycles. The SMILES string of the molecule is N#Cc1cccc(COC(=O)c2cc(S(=O)(=O)NC3CC3)c(Cl)cc2Cl)c1. The largest absolute Gasteiger partial charge is 0.457 e. The molecule has 9 heteroatoms. The number of nitrogens with zero attached hydrogens (tertiary/aromatic N) is 1. The maximum atomic E-state index is 12.4. The van der Waals surface area contributed by atoms with Gasteiger partial charge in [-0.2, -0.15) is 5.26 Å². The number of nitrogens with one attached hydrogen (secondary N) is 1. The summed E-state index contributed by atoms with van der Waals surface area (Å²) in [6.45, 7) is -0.0876. The van der Waals surface area contributed by atoms with Crippen LogP contribution in [0.15, 0.2) is 41.3 Å². The highest BCUT2D eigenvalue weighted by atomic mass is 35.5. The molecule has 1 aliphatic rings. The Morgan fingerprint density at radius 3 is 2.63 bits per heavy atom. The second kappa shape index (κ2) is 7.87. The van der Waals surface area contributed by atoms with E-state index in [2.05, 4.69) is 4.72 Å². The van der Waals surface area contributed by atoms with Crippen LogP contribution in [0.2, 0.25) is 10.0 Å². The average molecular weight is 425 g/mol. The van der Waals surface area contributed by atoms with E-state index in [-0.39, 0.29) is 33.2 Å². The standard InChI is InChI=1S/C18H14Cl2N2O4S/c19-15-8-16(20)17(27(24,25)22-13-4-5-13)7-14(15)18(23)26-10-12-3-1-2-11(6-12)9-21/h1-3,6-8,13,22H,4-5,10H2. The van der Waals surface area contributed by atoms with Crippen molar-refractivity contribution in [1.29, 1.82) is 5.26 Å². The molecule has 3 rings (SSSR count). The van der Waals surface area contributed by atoms with Gasteiger partial charge in [0.25, 0.3) is 0 Å². The summed E-state index contributed by atoms with van der Waals surface area (Å²) in [5, 5.41) is 8.81. The predicted molar refractivity (Wildman–Crippen MR) is 100 cm³/mol. The highest BCUT2D eigenvalue weighted by molar-refractivity contribution is 7.89. The fourth-order valence-corrected chi connectivity index (χ4v) is 4.49. The number of sulfonamides is 1. The third-order valence-corrected chi connectivity index (χ3v) is 6.15. The molecule has 140 valence electrons. The van der Waals surface area contributed by atoms with Crippen molar-refractivity contribution in [2.75, 3.05) is 0 Å². The first-order valence-corrected chi connectivity index (χ1v) is 10.2. The zero-order valence-electron chi connectivity index (χ0n) is 13.9. The van der Waals surface area contributed by atoms with E-state index < -0.39 is 16.0 Å². The number of halogens is 2. The molecule has 1 aliphatic carbocycles. The number of esters is 1. The maximum Gasteiger partial charge on any atom is 0.340 e. The molecule has 1 fully saturated rings. The van der Waals surface area contributed by atoms with Gasteiger partial charge in [0, 0.05) is 6.04 Å². The maximum absolute atomic E-state index is 12.4. The second-order valence-corrected chi connectivity index (χ2v) is 8.54. The van der Waals surface area contributed by atoms with Crippen molar-refractivity contribution in [3.63, 3.8) is 0 Å².